The van der Waals surface area contributed by atoms with E-state index in [2.05, 4.69) is 15.3 Å². The third-order valence-electron chi connectivity index (χ3n) is 5.47. The molecular formula is C23H26N4O4S2. The maximum absolute atomic E-state index is 13.0. The number of rotatable bonds is 6. The summed E-state index contributed by atoms with van der Waals surface area (Å²) in [5, 5.41) is 3.12. The van der Waals surface area contributed by atoms with Crippen LogP contribution in [0.3, 0.4) is 0 Å². The average Bonchev–Trinajstić information content (AvgIpc) is 2.94. The number of hydrogen-bond donors (Lipinski definition) is 1. The van der Waals surface area contributed by atoms with Crippen molar-refractivity contribution in [3.63, 3.8) is 0 Å². The summed E-state index contributed by atoms with van der Waals surface area (Å²) < 4.78 is 6.67. The van der Waals surface area contributed by atoms with Crippen LogP contribution in [0.25, 0.3) is 5.65 Å². The molecule has 4 rings (SSSR count). The van der Waals surface area contributed by atoms with Crippen molar-refractivity contribution in [1.29, 1.82) is 0 Å². The number of carbonyl (C=O) groups is 2. The number of amides is 1. The van der Waals surface area contributed by atoms with E-state index in [1.807, 2.05) is 13.0 Å². The minimum atomic E-state index is -0.575. The summed E-state index contributed by atoms with van der Waals surface area (Å²) in [5.41, 5.74) is 2.45. The van der Waals surface area contributed by atoms with E-state index in [4.69, 9.17) is 4.74 Å². The summed E-state index contributed by atoms with van der Waals surface area (Å²) in [6, 6.07) is 3.61. The molecule has 33 heavy (non-hydrogen) atoms. The van der Waals surface area contributed by atoms with E-state index in [0.717, 1.165) is 59.9 Å². The number of fused-ring (bicyclic) bond motifs is 2. The molecule has 3 aromatic rings. The second-order valence-corrected chi connectivity index (χ2v) is 10.4. The van der Waals surface area contributed by atoms with E-state index < -0.39 is 16.9 Å². The van der Waals surface area contributed by atoms with Gasteiger partial charge in [0, 0.05) is 11.1 Å². The Bertz CT molecular complexity index is 1270. The molecule has 1 amide bonds. The average molecular weight is 487 g/mol. The molecule has 1 N–H and O–H groups in total. The molecule has 1 atom stereocenters. The van der Waals surface area contributed by atoms with Crippen LogP contribution in [0.2, 0.25) is 0 Å². The minimum absolute atomic E-state index is 0.235. The smallest absolute Gasteiger partial charge is 0.355 e. The fourth-order valence-corrected chi connectivity index (χ4v) is 5.87. The molecule has 0 saturated heterocycles. The van der Waals surface area contributed by atoms with Gasteiger partial charge in [0.15, 0.2) is 5.16 Å². The highest BCUT2D eigenvalue weighted by molar-refractivity contribution is 8.00. The Morgan fingerprint density at radius 2 is 2.03 bits per heavy atom. The molecule has 3 heterocycles. The summed E-state index contributed by atoms with van der Waals surface area (Å²) in [5.74, 6) is -0.677. The molecule has 0 spiro atoms. The molecule has 0 radical (unpaired) electrons. The van der Waals surface area contributed by atoms with Crippen LogP contribution in [-0.4, -0.2) is 38.1 Å². The van der Waals surface area contributed by atoms with E-state index in [1.54, 1.807) is 26.1 Å². The van der Waals surface area contributed by atoms with E-state index in [1.165, 1.54) is 15.7 Å². The van der Waals surface area contributed by atoms with E-state index in [0.29, 0.717) is 16.2 Å². The van der Waals surface area contributed by atoms with E-state index in [-0.39, 0.29) is 17.7 Å². The zero-order valence-electron chi connectivity index (χ0n) is 18.8. The number of ether oxygens (including phenoxy) is 1. The molecule has 8 nitrogen and oxygen atoms in total. The largest absolute Gasteiger partial charge is 0.462 e. The van der Waals surface area contributed by atoms with Gasteiger partial charge in [-0.2, -0.15) is 4.98 Å². The number of hydrogen-bond acceptors (Lipinski definition) is 8. The van der Waals surface area contributed by atoms with Crippen molar-refractivity contribution in [2.75, 3.05) is 11.9 Å². The molecule has 0 aromatic carbocycles. The van der Waals surface area contributed by atoms with Crippen molar-refractivity contribution < 1.29 is 14.3 Å². The van der Waals surface area contributed by atoms with Crippen LogP contribution in [0.1, 0.15) is 59.5 Å². The Balaban J connectivity index is 1.56. The van der Waals surface area contributed by atoms with Crippen molar-refractivity contribution in [2.45, 2.75) is 63.3 Å². The highest BCUT2D eigenvalue weighted by atomic mass is 32.2. The van der Waals surface area contributed by atoms with Gasteiger partial charge in [0.2, 0.25) is 5.91 Å². The Labute approximate surface area is 199 Å². The number of anilines is 1. The lowest BCUT2D eigenvalue weighted by Crippen LogP contribution is -2.25. The summed E-state index contributed by atoms with van der Waals surface area (Å²) >= 11 is 2.57. The Kier molecular flexibility index (Phi) is 7.14. The lowest BCUT2D eigenvalue weighted by atomic mass is 10.1. The Morgan fingerprint density at radius 1 is 1.24 bits per heavy atom. The summed E-state index contributed by atoms with van der Waals surface area (Å²) in [7, 11) is 0. The number of pyridine rings is 1. The number of nitrogens with zero attached hydrogens (tertiary/aromatic N) is 3. The van der Waals surface area contributed by atoms with Crippen molar-refractivity contribution in [3.05, 3.63) is 50.4 Å². The zero-order valence-corrected chi connectivity index (χ0v) is 20.5. The van der Waals surface area contributed by atoms with Gasteiger partial charge in [0.05, 0.1) is 17.4 Å². The third kappa shape index (κ3) is 5.11. The molecule has 1 aliphatic rings. The van der Waals surface area contributed by atoms with E-state index >= 15 is 0 Å². The molecule has 0 aliphatic heterocycles. The van der Waals surface area contributed by atoms with E-state index in [9.17, 15) is 14.4 Å². The molecule has 174 valence electrons. The number of aromatic nitrogens is 3. The van der Waals surface area contributed by atoms with Gasteiger partial charge in [0.25, 0.3) is 0 Å². The summed E-state index contributed by atoms with van der Waals surface area (Å²) in [4.78, 5) is 47.6. The van der Waals surface area contributed by atoms with Crippen LogP contribution in [0.4, 0.5) is 5.00 Å². The maximum atomic E-state index is 13.0. The standard InChI is InChI=1S/C23H26N4O4S2/c1-4-31-21(29)18-15-8-6-5-7-9-16(15)33-20(18)25-19(28)14(3)32-22-24-17-11-10-13(2)12-27(17)23(30)26-22/h10-12,14H,4-9H2,1-3H3,(H,25,28)/t14-/m1/s1. The Morgan fingerprint density at radius 3 is 2.82 bits per heavy atom. The van der Waals surface area contributed by atoms with Crippen molar-refractivity contribution in [1.82, 2.24) is 14.4 Å². The highest BCUT2D eigenvalue weighted by Gasteiger charge is 2.28. The number of carbonyl (C=O) groups excluding carboxylic acids is 2. The van der Waals surface area contributed by atoms with Crippen LogP contribution in [0.15, 0.2) is 28.3 Å². The highest BCUT2D eigenvalue weighted by Crippen LogP contribution is 2.38. The van der Waals surface area contributed by atoms with Crippen LogP contribution in [0, 0.1) is 6.92 Å². The Hall–Kier alpha value is -2.72. The molecule has 10 heteroatoms. The van der Waals surface area contributed by atoms with Gasteiger partial charge in [-0.3, -0.25) is 9.20 Å². The lowest BCUT2D eigenvalue weighted by Gasteiger charge is -2.12. The first kappa shape index (κ1) is 23.4. The number of aryl methyl sites for hydroxylation is 2. The van der Waals surface area contributed by atoms with Gasteiger partial charge in [-0.25, -0.2) is 14.6 Å². The first-order valence-electron chi connectivity index (χ1n) is 11.0. The minimum Gasteiger partial charge on any atom is -0.462 e. The molecule has 0 fully saturated rings. The summed E-state index contributed by atoms with van der Waals surface area (Å²) in [6.07, 6.45) is 6.62. The lowest BCUT2D eigenvalue weighted by molar-refractivity contribution is -0.115. The van der Waals surface area contributed by atoms with Crippen molar-refractivity contribution >= 4 is 45.6 Å². The van der Waals surface area contributed by atoms with Crippen molar-refractivity contribution in [2.24, 2.45) is 0 Å². The van der Waals surface area contributed by atoms with Gasteiger partial charge < -0.3 is 10.1 Å². The van der Waals surface area contributed by atoms with Gasteiger partial charge in [-0.05, 0) is 63.6 Å². The topological polar surface area (TPSA) is 103 Å². The number of thioether (sulfide) groups is 1. The van der Waals surface area contributed by atoms with Gasteiger partial charge in [-0.1, -0.05) is 24.2 Å². The molecular weight excluding hydrogens is 460 g/mol. The van der Waals surface area contributed by atoms with Crippen LogP contribution >= 0.6 is 23.1 Å². The number of nitrogens with one attached hydrogen (secondary N) is 1. The second kappa shape index (κ2) is 10.0. The number of thiophene rings is 1. The summed E-state index contributed by atoms with van der Waals surface area (Å²) in [6.45, 7) is 5.66. The molecule has 3 aromatic heterocycles. The van der Waals surface area contributed by atoms with Gasteiger partial charge in [-0.15, -0.1) is 11.3 Å². The van der Waals surface area contributed by atoms with Crippen molar-refractivity contribution in [3.8, 4) is 0 Å². The molecule has 0 unspecified atom stereocenters. The molecule has 0 bridgehead atoms. The maximum Gasteiger partial charge on any atom is 0.355 e. The fraction of sp³-hybridized carbons (Fsp3) is 0.435. The van der Waals surface area contributed by atoms with Gasteiger partial charge in [0.1, 0.15) is 10.6 Å². The molecule has 1 aliphatic carbocycles. The first-order valence-corrected chi connectivity index (χ1v) is 12.7. The zero-order chi connectivity index (χ0) is 23.5. The third-order valence-corrected chi connectivity index (χ3v) is 7.64. The first-order chi connectivity index (χ1) is 15.9. The quantitative estimate of drug-likeness (QED) is 0.319. The van der Waals surface area contributed by atoms with Crippen LogP contribution in [-0.2, 0) is 22.4 Å². The van der Waals surface area contributed by atoms with Gasteiger partial charge >= 0.3 is 11.7 Å². The van der Waals surface area contributed by atoms with Crippen LogP contribution in [0.5, 0.6) is 0 Å². The predicted octanol–water partition coefficient (Wildman–Crippen LogP) is 4.02. The predicted molar refractivity (Wildman–Crippen MR) is 129 cm³/mol. The monoisotopic (exact) mass is 486 g/mol. The van der Waals surface area contributed by atoms with Crippen LogP contribution < -0.4 is 11.0 Å². The number of esters is 1. The SMILES string of the molecule is CCOC(=O)c1c(NC(=O)[C@@H](C)Sc2nc(=O)n3cc(C)ccc3n2)sc2c1CCCCC2. The normalized spacial score (nSPS) is 14.4. The molecule has 0 saturated carbocycles. The second-order valence-electron chi connectivity index (χ2n) is 7.96. The fourth-order valence-electron chi connectivity index (χ4n) is 3.83.